The van der Waals surface area contributed by atoms with Crippen LogP contribution >= 0.6 is 0 Å². The second-order valence-electron chi connectivity index (χ2n) is 1.71. The molecule has 11 heavy (non-hydrogen) atoms. The van der Waals surface area contributed by atoms with Crippen molar-refractivity contribution in [1.82, 2.24) is 0 Å². The summed E-state index contributed by atoms with van der Waals surface area (Å²) in [6, 6.07) is 0. The highest BCUT2D eigenvalue weighted by Gasteiger charge is 2.16. The van der Waals surface area contributed by atoms with E-state index in [1.54, 1.807) is 6.92 Å². The summed E-state index contributed by atoms with van der Waals surface area (Å²) in [7, 11) is 0. The van der Waals surface area contributed by atoms with E-state index < -0.39 is 24.1 Å². The van der Waals surface area contributed by atoms with Crippen LogP contribution in [0.25, 0.3) is 0 Å². The molecular weight excluding hydrogens is 152 g/mol. The van der Waals surface area contributed by atoms with Crippen molar-refractivity contribution in [1.29, 1.82) is 0 Å². The number of carbonyl (C=O) groups is 3. The van der Waals surface area contributed by atoms with Gasteiger partial charge in [0.05, 0.1) is 6.61 Å². The maximum atomic E-state index is 10.5. The molecule has 1 N–H and O–H groups in total. The number of carboxylic acids is 1. The van der Waals surface area contributed by atoms with Crippen molar-refractivity contribution < 1.29 is 24.2 Å². The molecule has 0 aromatic carbocycles. The molecule has 0 aromatic heterocycles. The van der Waals surface area contributed by atoms with Crippen LogP contribution in [0.5, 0.6) is 0 Å². The van der Waals surface area contributed by atoms with Gasteiger partial charge in [-0.1, -0.05) is 0 Å². The smallest absolute Gasteiger partial charge is 0.372 e. The van der Waals surface area contributed by atoms with Crippen molar-refractivity contribution >= 4 is 17.7 Å². The Bertz CT molecular complexity index is 183. The minimum Gasteiger partial charge on any atom is -0.475 e. The van der Waals surface area contributed by atoms with Crippen molar-refractivity contribution in [3.63, 3.8) is 0 Å². The number of hydrogen-bond acceptors (Lipinski definition) is 4. The van der Waals surface area contributed by atoms with E-state index >= 15 is 0 Å². The van der Waals surface area contributed by atoms with Crippen LogP contribution in [0.4, 0.5) is 0 Å². The summed E-state index contributed by atoms with van der Waals surface area (Å²) in [5.41, 5.74) is 0. The molecule has 0 radical (unpaired) electrons. The van der Waals surface area contributed by atoms with Crippen LogP contribution in [0.15, 0.2) is 0 Å². The third kappa shape index (κ3) is 4.07. The third-order valence-electron chi connectivity index (χ3n) is 0.849. The number of ether oxygens (including phenoxy) is 1. The highest BCUT2D eigenvalue weighted by Crippen LogP contribution is 1.88. The van der Waals surface area contributed by atoms with Gasteiger partial charge in [0.25, 0.3) is 5.78 Å². The van der Waals surface area contributed by atoms with Crippen molar-refractivity contribution in [2.75, 3.05) is 6.61 Å². The van der Waals surface area contributed by atoms with Crippen LogP contribution in [0.2, 0.25) is 0 Å². The van der Waals surface area contributed by atoms with Crippen molar-refractivity contribution in [3.8, 4) is 0 Å². The molecule has 0 aliphatic rings. The number of carboxylic acid groups (broad SMARTS) is 1. The van der Waals surface area contributed by atoms with E-state index in [9.17, 15) is 14.4 Å². The largest absolute Gasteiger partial charge is 0.475 e. The summed E-state index contributed by atoms with van der Waals surface area (Å²) in [4.78, 5) is 30.7. The number of aliphatic carboxylic acids is 1. The van der Waals surface area contributed by atoms with Gasteiger partial charge in [-0.15, -0.1) is 0 Å². The minimum absolute atomic E-state index is 0.145. The second-order valence-corrected chi connectivity index (χ2v) is 1.71. The predicted molar refractivity (Wildman–Crippen MR) is 33.9 cm³/mol. The van der Waals surface area contributed by atoms with Gasteiger partial charge in [0.2, 0.25) is 0 Å². The summed E-state index contributed by atoms with van der Waals surface area (Å²) in [5, 5.41) is 8.04. The fourth-order valence-electron chi connectivity index (χ4n) is 0.419. The topological polar surface area (TPSA) is 80.7 Å². The van der Waals surface area contributed by atoms with E-state index in [4.69, 9.17) is 5.11 Å². The first-order valence-corrected chi connectivity index (χ1v) is 2.99. The Morgan fingerprint density at radius 1 is 1.36 bits per heavy atom. The number of hydrogen-bond donors (Lipinski definition) is 1. The molecule has 0 aliphatic heterocycles. The quantitative estimate of drug-likeness (QED) is 0.343. The summed E-state index contributed by atoms with van der Waals surface area (Å²) in [6.07, 6.45) is -0.691. The first kappa shape index (κ1) is 9.61. The zero-order valence-corrected chi connectivity index (χ0v) is 5.99. The molecule has 0 fully saturated rings. The number of rotatable bonds is 4. The summed E-state index contributed by atoms with van der Waals surface area (Å²) >= 11 is 0. The number of esters is 1. The van der Waals surface area contributed by atoms with Gasteiger partial charge in [0, 0.05) is 0 Å². The van der Waals surface area contributed by atoms with Gasteiger partial charge in [-0.05, 0) is 6.92 Å². The van der Waals surface area contributed by atoms with Crippen LogP contribution in [0.3, 0.4) is 0 Å². The molecule has 0 saturated heterocycles. The third-order valence-corrected chi connectivity index (χ3v) is 0.849. The first-order valence-electron chi connectivity index (χ1n) is 2.99. The Hall–Kier alpha value is -1.39. The molecule has 0 amide bonds. The molecule has 5 heteroatoms. The standard InChI is InChI=1S/C6H8O5/c1-2-11-5(8)3-4(7)6(9)10/h2-3H2,1H3,(H,9,10). The van der Waals surface area contributed by atoms with Crippen molar-refractivity contribution in [2.45, 2.75) is 13.3 Å². The fourth-order valence-corrected chi connectivity index (χ4v) is 0.419. The molecular formula is C6H8O5. The molecule has 0 saturated carbocycles. The Balaban J connectivity index is 3.76. The molecule has 5 nitrogen and oxygen atoms in total. The molecule has 0 aliphatic carbocycles. The van der Waals surface area contributed by atoms with Gasteiger partial charge in [-0.2, -0.15) is 0 Å². The SMILES string of the molecule is CCOC(=O)CC(=O)C(=O)O. The number of ketones is 1. The van der Waals surface area contributed by atoms with E-state index in [1.807, 2.05) is 0 Å². The van der Waals surface area contributed by atoms with Crippen molar-refractivity contribution in [2.24, 2.45) is 0 Å². The van der Waals surface area contributed by atoms with Crippen LogP contribution in [-0.4, -0.2) is 29.4 Å². The normalized spacial score (nSPS) is 8.82. The van der Waals surface area contributed by atoms with Gasteiger partial charge in [0.15, 0.2) is 0 Å². The Morgan fingerprint density at radius 2 is 1.91 bits per heavy atom. The van der Waals surface area contributed by atoms with Gasteiger partial charge >= 0.3 is 11.9 Å². The summed E-state index contributed by atoms with van der Waals surface area (Å²) < 4.78 is 4.34. The fraction of sp³-hybridized carbons (Fsp3) is 0.500. The van der Waals surface area contributed by atoms with Gasteiger partial charge in [0.1, 0.15) is 6.42 Å². The van der Waals surface area contributed by atoms with Crippen molar-refractivity contribution in [3.05, 3.63) is 0 Å². The van der Waals surface area contributed by atoms with E-state index in [1.165, 1.54) is 0 Å². The second kappa shape index (κ2) is 4.43. The molecule has 0 heterocycles. The Kier molecular flexibility index (Phi) is 3.87. The van der Waals surface area contributed by atoms with E-state index in [2.05, 4.69) is 4.74 Å². The highest BCUT2D eigenvalue weighted by atomic mass is 16.5. The van der Waals surface area contributed by atoms with Gasteiger partial charge in [-0.25, -0.2) is 4.79 Å². The number of carbonyl (C=O) groups excluding carboxylic acids is 2. The molecule has 0 atom stereocenters. The summed E-state index contributed by atoms with van der Waals surface area (Å²) in [6.45, 7) is 1.72. The molecule has 62 valence electrons. The lowest BCUT2D eigenvalue weighted by Crippen LogP contribution is -2.18. The average Bonchev–Trinajstić information content (AvgIpc) is 1.87. The van der Waals surface area contributed by atoms with Crippen LogP contribution in [-0.2, 0) is 19.1 Å². The first-order chi connectivity index (χ1) is 5.07. The number of Topliss-reactive ketones (excluding diaryl/α,β-unsaturated/α-hetero) is 1. The Morgan fingerprint density at radius 3 is 2.27 bits per heavy atom. The van der Waals surface area contributed by atoms with E-state index in [0.29, 0.717) is 0 Å². The van der Waals surface area contributed by atoms with Gasteiger partial charge in [-0.3, -0.25) is 9.59 Å². The Labute approximate surface area is 63.0 Å². The average molecular weight is 160 g/mol. The monoisotopic (exact) mass is 160 g/mol. The predicted octanol–water partition coefficient (Wildman–Crippen LogP) is -0.407. The summed E-state index contributed by atoms with van der Waals surface area (Å²) in [5.74, 6) is -3.57. The molecule has 0 bridgehead atoms. The minimum atomic E-state index is -1.61. The molecule has 0 rings (SSSR count). The zero-order valence-electron chi connectivity index (χ0n) is 5.99. The van der Waals surface area contributed by atoms with Crippen LogP contribution < -0.4 is 0 Å². The molecule has 0 unspecified atom stereocenters. The van der Waals surface area contributed by atoms with Gasteiger partial charge < -0.3 is 9.84 Å². The van der Waals surface area contributed by atoms with E-state index in [0.717, 1.165) is 0 Å². The maximum Gasteiger partial charge on any atom is 0.372 e. The lowest BCUT2D eigenvalue weighted by atomic mass is 10.3. The van der Waals surface area contributed by atoms with Crippen LogP contribution in [0, 0.1) is 0 Å². The lowest BCUT2D eigenvalue weighted by Gasteiger charge is -1.96. The van der Waals surface area contributed by atoms with Crippen LogP contribution in [0.1, 0.15) is 13.3 Å². The maximum absolute atomic E-state index is 10.5. The highest BCUT2D eigenvalue weighted by molar-refractivity contribution is 6.35. The van der Waals surface area contributed by atoms with E-state index in [-0.39, 0.29) is 6.61 Å². The zero-order chi connectivity index (χ0) is 8.85. The molecule has 0 aromatic rings. The molecule has 0 spiro atoms. The lowest BCUT2D eigenvalue weighted by molar-refractivity contribution is -0.154.